The molecule has 2 atom stereocenters. The van der Waals surface area contributed by atoms with E-state index in [9.17, 15) is 19.8 Å². The maximum atomic E-state index is 12.1. The molecule has 136 valence electrons. The van der Waals surface area contributed by atoms with E-state index in [0.29, 0.717) is 29.8 Å². The third kappa shape index (κ3) is 4.52. The van der Waals surface area contributed by atoms with Crippen LogP contribution in [-0.4, -0.2) is 11.8 Å². The molecule has 0 fully saturated rings. The van der Waals surface area contributed by atoms with Crippen LogP contribution in [-0.2, 0) is 4.79 Å². The number of carbonyl (C=O) groups is 2. The van der Waals surface area contributed by atoms with Crippen LogP contribution < -0.4 is 74.1 Å². The summed E-state index contributed by atoms with van der Waals surface area (Å²) in [7, 11) is 0. The SMILES string of the molecule is O=C1C=CC2C(=C1I)Oc1c(ccc([O-])c1I)C2c1ccccc1C(=O)[O-].[Na+].[Na+]. The number of carboxylic acids is 1. The van der Waals surface area contributed by atoms with Crippen LogP contribution in [0.4, 0.5) is 0 Å². The van der Waals surface area contributed by atoms with Crippen molar-refractivity contribution in [2.24, 2.45) is 5.92 Å². The van der Waals surface area contributed by atoms with Gasteiger partial charge in [-0.25, -0.2) is 0 Å². The molecule has 9 heteroatoms. The van der Waals surface area contributed by atoms with Crippen LogP contribution >= 0.6 is 45.2 Å². The summed E-state index contributed by atoms with van der Waals surface area (Å²) in [5.74, 6) is -1.58. The number of rotatable bonds is 2. The van der Waals surface area contributed by atoms with Gasteiger partial charge in [0, 0.05) is 26.5 Å². The van der Waals surface area contributed by atoms with Gasteiger partial charge in [-0.15, -0.1) is 0 Å². The third-order valence-electron chi connectivity index (χ3n) is 4.70. The number of benzene rings is 2. The summed E-state index contributed by atoms with van der Waals surface area (Å²) in [5, 5.41) is 23.8. The summed E-state index contributed by atoms with van der Waals surface area (Å²) >= 11 is 3.85. The molecular weight excluding hydrogens is 620 g/mol. The van der Waals surface area contributed by atoms with Crippen molar-refractivity contribution in [3.8, 4) is 11.5 Å². The van der Waals surface area contributed by atoms with Crippen molar-refractivity contribution in [1.82, 2.24) is 0 Å². The van der Waals surface area contributed by atoms with Crippen molar-refractivity contribution < 1.29 is 83.7 Å². The Labute approximate surface area is 238 Å². The maximum Gasteiger partial charge on any atom is 1.00 e. The molecule has 0 amide bonds. The van der Waals surface area contributed by atoms with E-state index >= 15 is 0 Å². The zero-order valence-electron chi connectivity index (χ0n) is 15.6. The molecule has 0 radical (unpaired) electrons. The van der Waals surface area contributed by atoms with E-state index < -0.39 is 11.9 Å². The van der Waals surface area contributed by atoms with E-state index in [1.807, 2.05) is 45.2 Å². The number of allylic oxidation sites excluding steroid dienone is 3. The molecule has 0 N–H and O–H groups in total. The number of carboxylic acid groups (broad SMARTS) is 1. The van der Waals surface area contributed by atoms with Crippen LogP contribution in [0.25, 0.3) is 0 Å². The van der Waals surface area contributed by atoms with E-state index in [-0.39, 0.29) is 82.1 Å². The first-order chi connectivity index (χ1) is 12.9. The van der Waals surface area contributed by atoms with Gasteiger partial charge in [-0.1, -0.05) is 48.2 Å². The minimum absolute atomic E-state index is 0. The van der Waals surface area contributed by atoms with Gasteiger partial charge in [0.05, 0.1) is 9.55 Å². The van der Waals surface area contributed by atoms with Crippen LogP contribution in [0, 0.1) is 9.49 Å². The Bertz CT molecular complexity index is 1060. The molecule has 2 aromatic rings. The Balaban J connectivity index is 0.00000150. The second-order valence-corrected chi connectivity index (χ2v) is 8.34. The summed E-state index contributed by atoms with van der Waals surface area (Å²) in [6, 6.07) is 9.76. The van der Waals surface area contributed by atoms with Gasteiger partial charge >= 0.3 is 59.1 Å². The molecule has 0 spiro atoms. The Morgan fingerprint density at radius 3 is 2.41 bits per heavy atom. The topological polar surface area (TPSA) is 89.5 Å². The first-order valence-electron chi connectivity index (χ1n) is 8.00. The van der Waals surface area contributed by atoms with Crippen molar-refractivity contribution in [2.75, 3.05) is 0 Å². The van der Waals surface area contributed by atoms with E-state index in [2.05, 4.69) is 0 Å². The Hall–Kier alpha value is 0.120. The minimum Gasteiger partial charge on any atom is -0.872 e. The van der Waals surface area contributed by atoms with E-state index in [4.69, 9.17) is 4.74 Å². The molecule has 29 heavy (non-hydrogen) atoms. The summed E-state index contributed by atoms with van der Waals surface area (Å²) < 4.78 is 6.84. The summed E-state index contributed by atoms with van der Waals surface area (Å²) in [6.07, 6.45) is 3.21. The monoisotopic (exact) mass is 630 g/mol. The second kappa shape index (κ2) is 10.2. The molecule has 2 aliphatic rings. The van der Waals surface area contributed by atoms with Crippen molar-refractivity contribution in [2.45, 2.75) is 5.92 Å². The van der Waals surface area contributed by atoms with Crippen molar-refractivity contribution >= 4 is 56.9 Å². The fraction of sp³-hybridized carbons (Fsp3) is 0.100. The van der Waals surface area contributed by atoms with Gasteiger partial charge in [-0.3, -0.25) is 4.79 Å². The molecule has 0 bridgehead atoms. The summed E-state index contributed by atoms with van der Waals surface area (Å²) in [5.41, 5.74) is 1.35. The van der Waals surface area contributed by atoms with Gasteiger partial charge in [0.1, 0.15) is 11.5 Å². The van der Waals surface area contributed by atoms with Gasteiger partial charge in [-0.2, -0.15) is 0 Å². The fourth-order valence-corrected chi connectivity index (χ4v) is 4.77. The zero-order valence-corrected chi connectivity index (χ0v) is 23.9. The molecule has 1 aliphatic carbocycles. The number of fused-ring (bicyclic) bond motifs is 2. The normalized spacial score (nSPS) is 19.3. The fourth-order valence-electron chi connectivity index (χ4n) is 3.51. The molecule has 0 saturated heterocycles. The van der Waals surface area contributed by atoms with E-state index in [1.165, 1.54) is 18.2 Å². The average Bonchev–Trinajstić information content (AvgIpc) is 2.66. The first-order valence-corrected chi connectivity index (χ1v) is 10.2. The minimum atomic E-state index is -1.27. The largest absolute Gasteiger partial charge is 1.00 e. The van der Waals surface area contributed by atoms with E-state index in [1.54, 1.807) is 30.3 Å². The second-order valence-electron chi connectivity index (χ2n) is 6.18. The molecule has 0 aromatic heterocycles. The van der Waals surface area contributed by atoms with Gasteiger partial charge in [0.25, 0.3) is 0 Å². The van der Waals surface area contributed by atoms with Gasteiger partial charge < -0.3 is 19.7 Å². The molecule has 5 nitrogen and oxygen atoms in total. The zero-order chi connectivity index (χ0) is 19.3. The number of hydrogen-bond acceptors (Lipinski definition) is 5. The van der Waals surface area contributed by atoms with Crippen LogP contribution in [0.1, 0.15) is 27.4 Å². The number of ketones is 1. The van der Waals surface area contributed by atoms with Crippen LogP contribution in [0.5, 0.6) is 11.5 Å². The maximum absolute atomic E-state index is 12.1. The standard InChI is InChI=1S/C20H12I2O5.2Na/c21-16-13(23)7-5-11-15(9-3-1-2-4-10(9)20(25)26)12-6-8-14(24)17(22)19(12)27-18(11)16;;/h1-8,11,15,24H,(H,25,26);;/q;2*+1/p-2. The molecule has 1 aliphatic heterocycles. The molecule has 0 saturated carbocycles. The first kappa shape index (κ1) is 25.4. The predicted octanol–water partition coefficient (Wildman–Crippen LogP) is -3.34. The van der Waals surface area contributed by atoms with Crippen molar-refractivity contribution in [3.63, 3.8) is 0 Å². The number of carbonyl (C=O) groups excluding carboxylic acids is 2. The molecule has 1 heterocycles. The molecule has 2 aromatic carbocycles. The van der Waals surface area contributed by atoms with Gasteiger partial charge in [0.15, 0.2) is 5.78 Å². The van der Waals surface area contributed by atoms with Crippen LogP contribution in [0.15, 0.2) is 57.9 Å². The molecule has 4 rings (SSSR count). The molecule has 2 unspecified atom stereocenters. The smallest absolute Gasteiger partial charge is 0.872 e. The number of halogens is 2. The summed E-state index contributed by atoms with van der Waals surface area (Å²) in [4.78, 5) is 23.8. The van der Waals surface area contributed by atoms with Gasteiger partial charge in [-0.05, 0) is 56.8 Å². The Morgan fingerprint density at radius 1 is 1.03 bits per heavy atom. The van der Waals surface area contributed by atoms with Crippen LogP contribution in [0.3, 0.4) is 0 Å². The number of aromatic carboxylic acids is 1. The van der Waals surface area contributed by atoms with E-state index in [0.717, 1.165) is 0 Å². The van der Waals surface area contributed by atoms with Crippen molar-refractivity contribution in [1.29, 1.82) is 0 Å². The predicted molar refractivity (Wildman–Crippen MR) is 111 cm³/mol. The van der Waals surface area contributed by atoms with Crippen molar-refractivity contribution in [3.05, 3.63) is 78.1 Å². The summed E-state index contributed by atoms with van der Waals surface area (Å²) in [6.45, 7) is 0. The molecular formula is C20H10I2Na2O5. The van der Waals surface area contributed by atoms with Crippen LogP contribution in [0.2, 0.25) is 0 Å². The third-order valence-corrected chi connectivity index (χ3v) is 6.79. The Kier molecular flexibility index (Phi) is 8.89. The average molecular weight is 630 g/mol. The number of ether oxygens (including phenoxy) is 1. The quantitative estimate of drug-likeness (QED) is 0.256. The Morgan fingerprint density at radius 2 is 1.72 bits per heavy atom. The number of hydrogen-bond donors (Lipinski definition) is 0. The van der Waals surface area contributed by atoms with Gasteiger partial charge in [0.2, 0.25) is 0 Å².